The first-order chi connectivity index (χ1) is 12.1. The first-order valence-electron chi connectivity index (χ1n) is 7.50. The largest absolute Gasteiger partial charge is 0.435 e. The Bertz CT molecular complexity index is 862. The average Bonchev–Trinajstić information content (AvgIpc) is 2.99. The number of oxime groups is 1. The van der Waals surface area contributed by atoms with Crippen LogP contribution in [0.1, 0.15) is 5.56 Å². The van der Waals surface area contributed by atoms with Gasteiger partial charge >= 0.3 is 6.61 Å². The summed E-state index contributed by atoms with van der Waals surface area (Å²) in [5, 5.41) is 3.87. The van der Waals surface area contributed by atoms with E-state index in [-0.39, 0.29) is 12.4 Å². The summed E-state index contributed by atoms with van der Waals surface area (Å²) in [7, 11) is 0. The van der Waals surface area contributed by atoms with Crippen LogP contribution in [0.25, 0.3) is 11.0 Å². The topological polar surface area (TPSA) is 74.7 Å². The molecule has 0 fully saturated rings. The summed E-state index contributed by atoms with van der Waals surface area (Å²) in [4.78, 5) is 9.48. The van der Waals surface area contributed by atoms with Crippen LogP contribution in [-0.4, -0.2) is 22.0 Å². The van der Waals surface area contributed by atoms with Gasteiger partial charge in [-0.15, -0.1) is 0 Å². The lowest BCUT2D eigenvalue weighted by atomic mass is 10.2. The maximum atomic E-state index is 12.1. The van der Waals surface area contributed by atoms with Crippen molar-refractivity contribution in [2.75, 3.05) is 0 Å². The van der Waals surface area contributed by atoms with Crippen molar-refractivity contribution in [3.8, 4) is 5.75 Å². The Kier molecular flexibility index (Phi) is 5.08. The number of alkyl halides is 2. The molecule has 0 radical (unpaired) electrons. The van der Waals surface area contributed by atoms with E-state index < -0.39 is 6.61 Å². The van der Waals surface area contributed by atoms with E-state index in [1.165, 1.54) is 12.1 Å². The zero-order chi connectivity index (χ0) is 17.6. The molecule has 130 valence electrons. The number of nitrogens with zero attached hydrogens (tertiary/aromatic N) is 3. The normalized spacial score (nSPS) is 11.9. The van der Waals surface area contributed by atoms with Crippen LogP contribution in [0.3, 0.4) is 0 Å². The van der Waals surface area contributed by atoms with Gasteiger partial charge in [0.15, 0.2) is 5.84 Å². The van der Waals surface area contributed by atoms with Crippen LogP contribution in [0.2, 0.25) is 0 Å². The number of halogens is 2. The Balaban J connectivity index is 1.55. The Morgan fingerprint density at radius 2 is 1.92 bits per heavy atom. The molecule has 0 atom stereocenters. The molecule has 8 heteroatoms. The third kappa shape index (κ3) is 4.43. The highest BCUT2D eigenvalue weighted by molar-refractivity contribution is 5.82. The Morgan fingerprint density at radius 1 is 1.16 bits per heavy atom. The number of benzene rings is 2. The lowest BCUT2D eigenvalue weighted by Crippen LogP contribution is -2.19. The number of aromatic nitrogens is 2. The summed E-state index contributed by atoms with van der Waals surface area (Å²) in [6.07, 6.45) is 1.69. The zero-order valence-electron chi connectivity index (χ0n) is 13.2. The van der Waals surface area contributed by atoms with Gasteiger partial charge < -0.3 is 19.9 Å². The van der Waals surface area contributed by atoms with Crippen molar-refractivity contribution in [2.24, 2.45) is 10.9 Å². The second-order valence-corrected chi connectivity index (χ2v) is 5.24. The average molecular weight is 346 g/mol. The van der Waals surface area contributed by atoms with Crippen LogP contribution < -0.4 is 10.5 Å². The highest BCUT2D eigenvalue weighted by Gasteiger charge is 2.05. The third-order valence-corrected chi connectivity index (χ3v) is 3.42. The summed E-state index contributed by atoms with van der Waals surface area (Å²) in [5.74, 6) is 0.384. The Hall–Kier alpha value is -3.16. The summed E-state index contributed by atoms with van der Waals surface area (Å²) < 4.78 is 30.3. The molecule has 0 saturated heterocycles. The van der Waals surface area contributed by atoms with E-state index in [0.717, 1.165) is 16.6 Å². The van der Waals surface area contributed by atoms with Gasteiger partial charge in [0.1, 0.15) is 12.4 Å². The van der Waals surface area contributed by atoms with Crippen LogP contribution in [0.5, 0.6) is 5.75 Å². The van der Waals surface area contributed by atoms with E-state index in [4.69, 9.17) is 10.6 Å². The van der Waals surface area contributed by atoms with Crippen molar-refractivity contribution in [2.45, 2.75) is 19.8 Å². The van der Waals surface area contributed by atoms with Crippen molar-refractivity contribution in [1.29, 1.82) is 0 Å². The van der Waals surface area contributed by atoms with Crippen molar-refractivity contribution < 1.29 is 18.4 Å². The quantitative estimate of drug-likeness (QED) is 0.405. The summed E-state index contributed by atoms with van der Waals surface area (Å²) in [5.41, 5.74) is 8.46. The molecule has 0 aliphatic heterocycles. The van der Waals surface area contributed by atoms with Crippen LogP contribution >= 0.6 is 0 Å². The zero-order valence-corrected chi connectivity index (χ0v) is 13.2. The van der Waals surface area contributed by atoms with E-state index in [1.807, 2.05) is 28.8 Å². The summed E-state index contributed by atoms with van der Waals surface area (Å²) in [6.45, 7) is -2.33. The van der Waals surface area contributed by atoms with Gasteiger partial charge in [-0.25, -0.2) is 4.98 Å². The molecule has 2 N–H and O–H groups in total. The molecule has 25 heavy (non-hydrogen) atoms. The van der Waals surface area contributed by atoms with Crippen molar-refractivity contribution >= 4 is 16.9 Å². The molecule has 2 aromatic carbocycles. The SMILES string of the molecule is NC(Cn1cnc2ccccc21)=NOCc1ccc(OC(F)F)cc1. The van der Waals surface area contributed by atoms with Gasteiger partial charge in [0.25, 0.3) is 0 Å². The van der Waals surface area contributed by atoms with Gasteiger partial charge in [-0.3, -0.25) is 0 Å². The third-order valence-electron chi connectivity index (χ3n) is 3.42. The molecule has 3 rings (SSSR count). The molecule has 6 nitrogen and oxygen atoms in total. The number of amidine groups is 1. The standard InChI is InChI=1S/C17H16F2N4O2/c18-17(19)25-13-7-5-12(6-8-13)10-24-22-16(20)9-23-11-21-14-3-1-2-4-15(14)23/h1-8,11,17H,9-10H2,(H2,20,22). The van der Waals surface area contributed by atoms with Gasteiger partial charge in [-0.1, -0.05) is 29.4 Å². The second kappa shape index (κ2) is 7.61. The lowest BCUT2D eigenvalue weighted by molar-refractivity contribution is -0.0498. The molecular weight excluding hydrogens is 330 g/mol. The van der Waals surface area contributed by atoms with Crippen LogP contribution in [0, 0.1) is 0 Å². The number of hydrogen-bond acceptors (Lipinski definition) is 4. The monoisotopic (exact) mass is 346 g/mol. The molecule has 0 aliphatic carbocycles. The van der Waals surface area contributed by atoms with Crippen LogP contribution in [0.15, 0.2) is 60.0 Å². The number of rotatable bonds is 7. The first kappa shape index (κ1) is 16.7. The summed E-state index contributed by atoms with van der Waals surface area (Å²) >= 11 is 0. The highest BCUT2D eigenvalue weighted by Crippen LogP contribution is 2.15. The fourth-order valence-electron chi connectivity index (χ4n) is 2.30. The number of fused-ring (bicyclic) bond motifs is 1. The fourth-order valence-corrected chi connectivity index (χ4v) is 2.30. The van der Waals surface area contributed by atoms with E-state index in [9.17, 15) is 8.78 Å². The molecule has 3 aromatic rings. The van der Waals surface area contributed by atoms with Crippen molar-refractivity contribution in [1.82, 2.24) is 9.55 Å². The minimum atomic E-state index is -2.84. The molecule has 0 bridgehead atoms. The Labute approximate surface area is 142 Å². The summed E-state index contributed by atoms with van der Waals surface area (Å²) in [6, 6.07) is 13.8. The molecule has 0 saturated carbocycles. The molecule has 1 heterocycles. The van der Waals surface area contributed by atoms with Crippen LogP contribution in [-0.2, 0) is 18.0 Å². The van der Waals surface area contributed by atoms with Crippen molar-refractivity contribution in [3.63, 3.8) is 0 Å². The fraction of sp³-hybridized carbons (Fsp3) is 0.176. The van der Waals surface area contributed by atoms with Gasteiger partial charge in [0.2, 0.25) is 0 Å². The van der Waals surface area contributed by atoms with Gasteiger partial charge in [-0.2, -0.15) is 8.78 Å². The van der Waals surface area contributed by atoms with E-state index in [0.29, 0.717) is 12.4 Å². The second-order valence-electron chi connectivity index (χ2n) is 5.24. The van der Waals surface area contributed by atoms with E-state index in [1.54, 1.807) is 18.5 Å². The molecule has 0 unspecified atom stereocenters. The molecule has 0 aliphatic rings. The minimum absolute atomic E-state index is 0.0914. The van der Waals surface area contributed by atoms with Gasteiger partial charge in [0, 0.05) is 0 Å². The maximum Gasteiger partial charge on any atom is 0.387 e. The molecule has 1 aromatic heterocycles. The van der Waals surface area contributed by atoms with Crippen LogP contribution in [0.4, 0.5) is 8.78 Å². The number of para-hydroxylation sites is 2. The number of ether oxygens (including phenoxy) is 1. The predicted octanol–water partition coefficient (Wildman–Crippen LogP) is 3.13. The smallest absolute Gasteiger partial charge is 0.387 e. The highest BCUT2D eigenvalue weighted by atomic mass is 19.3. The van der Waals surface area contributed by atoms with Crippen molar-refractivity contribution in [3.05, 3.63) is 60.4 Å². The van der Waals surface area contributed by atoms with Gasteiger partial charge in [-0.05, 0) is 29.8 Å². The minimum Gasteiger partial charge on any atom is -0.435 e. The first-order valence-corrected chi connectivity index (χ1v) is 7.50. The Morgan fingerprint density at radius 3 is 2.68 bits per heavy atom. The number of nitrogens with two attached hydrogens (primary N) is 1. The number of imidazole rings is 1. The lowest BCUT2D eigenvalue weighted by Gasteiger charge is -2.06. The van der Waals surface area contributed by atoms with E-state index >= 15 is 0 Å². The predicted molar refractivity (Wildman–Crippen MR) is 89.2 cm³/mol. The molecule has 0 amide bonds. The number of hydrogen-bond donors (Lipinski definition) is 1. The molecule has 0 spiro atoms. The van der Waals surface area contributed by atoms with Gasteiger partial charge in [0.05, 0.1) is 23.9 Å². The maximum absolute atomic E-state index is 12.1. The molecular formula is C17H16F2N4O2. The van der Waals surface area contributed by atoms with E-state index in [2.05, 4.69) is 14.9 Å².